The first-order valence-corrected chi connectivity index (χ1v) is 13.3. The lowest BCUT2D eigenvalue weighted by Gasteiger charge is -2.26. The van der Waals surface area contributed by atoms with Gasteiger partial charge in [-0.25, -0.2) is 13.4 Å². The van der Waals surface area contributed by atoms with E-state index in [4.69, 9.17) is 9.47 Å². The third-order valence-electron chi connectivity index (χ3n) is 5.36. The summed E-state index contributed by atoms with van der Waals surface area (Å²) < 4.78 is 40.0. The highest BCUT2D eigenvalue weighted by atomic mass is 32.2. The highest BCUT2D eigenvalue weighted by Gasteiger charge is 2.27. The monoisotopic (exact) mass is 490 g/mol. The zero-order valence-electron chi connectivity index (χ0n) is 18.5. The van der Waals surface area contributed by atoms with Gasteiger partial charge in [-0.05, 0) is 36.6 Å². The van der Waals surface area contributed by atoms with Crippen LogP contribution in [0, 0.1) is 0 Å². The number of morpholine rings is 1. The zero-order chi connectivity index (χ0) is 23.4. The van der Waals surface area contributed by atoms with Crippen LogP contribution in [-0.4, -0.2) is 67.9 Å². The van der Waals surface area contributed by atoms with E-state index >= 15 is 0 Å². The second-order valence-corrected chi connectivity index (χ2v) is 10.3. The predicted molar refractivity (Wildman–Crippen MR) is 128 cm³/mol. The van der Waals surface area contributed by atoms with Crippen LogP contribution >= 0.6 is 11.8 Å². The second kappa shape index (κ2) is 10.1. The van der Waals surface area contributed by atoms with Crippen LogP contribution in [-0.2, 0) is 31.9 Å². The first kappa shape index (κ1) is 23.6. The number of ether oxygens (including phenoxy) is 2. The van der Waals surface area contributed by atoms with Crippen LogP contribution in [0.2, 0.25) is 0 Å². The van der Waals surface area contributed by atoms with Crippen LogP contribution in [0.4, 0.5) is 5.69 Å². The van der Waals surface area contributed by atoms with E-state index in [0.717, 1.165) is 16.9 Å². The minimum atomic E-state index is -3.71. The van der Waals surface area contributed by atoms with E-state index in [-0.39, 0.29) is 17.3 Å². The van der Waals surface area contributed by atoms with Gasteiger partial charge in [-0.15, -0.1) is 0 Å². The number of carbonyl (C=O) groups excluding carboxylic acids is 1. The highest BCUT2D eigenvalue weighted by Crippen LogP contribution is 2.29. The Morgan fingerprint density at radius 2 is 1.97 bits per heavy atom. The molecule has 0 bridgehead atoms. The molecule has 1 fully saturated rings. The van der Waals surface area contributed by atoms with Crippen LogP contribution in [0.5, 0.6) is 5.75 Å². The lowest BCUT2D eigenvalue weighted by molar-refractivity contribution is -0.116. The molecule has 2 aromatic carbocycles. The molecule has 1 amide bonds. The molecule has 0 aliphatic carbocycles. The molecule has 2 heterocycles. The lowest BCUT2D eigenvalue weighted by atomic mass is 10.3. The number of aromatic nitrogens is 2. The van der Waals surface area contributed by atoms with Gasteiger partial charge in [-0.2, -0.15) is 16.1 Å². The van der Waals surface area contributed by atoms with Crippen LogP contribution in [0.15, 0.2) is 47.4 Å². The summed E-state index contributed by atoms with van der Waals surface area (Å²) in [7, 11) is -2.24. The van der Waals surface area contributed by atoms with Crippen molar-refractivity contribution >= 4 is 44.4 Å². The topological polar surface area (TPSA) is 103 Å². The Hall–Kier alpha value is -2.60. The number of carbonyl (C=O) groups is 1. The molecule has 1 aliphatic rings. The summed E-state index contributed by atoms with van der Waals surface area (Å²) in [5, 5.41) is 2.82. The summed E-state index contributed by atoms with van der Waals surface area (Å²) in [4.78, 5) is 17.7. The number of imidazole rings is 1. The lowest BCUT2D eigenvalue weighted by Crippen LogP contribution is -2.40. The third-order valence-corrected chi connectivity index (χ3v) is 7.80. The fraction of sp³-hybridized carbons (Fsp3) is 0.364. The van der Waals surface area contributed by atoms with Gasteiger partial charge in [0.05, 0.1) is 47.7 Å². The Morgan fingerprint density at radius 1 is 1.21 bits per heavy atom. The number of benzene rings is 2. The molecule has 1 aliphatic heterocycles. The van der Waals surface area contributed by atoms with Crippen molar-refractivity contribution in [3.05, 3.63) is 48.3 Å². The molecule has 9 nitrogen and oxygen atoms in total. The Bertz CT molecular complexity index is 1250. The number of anilines is 1. The molecule has 33 heavy (non-hydrogen) atoms. The van der Waals surface area contributed by atoms with Gasteiger partial charge in [-0.1, -0.05) is 12.1 Å². The van der Waals surface area contributed by atoms with Gasteiger partial charge in [0.2, 0.25) is 15.9 Å². The van der Waals surface area contributed by atoms with Crippen molar-refractivity contribution in [2.45, 2.75) is 17.2 Å². The molecule has 4 rings (SSSR count). The average Bonchev–Trinajstić information content (AvgIpc) is 3.16. The maximum absolute atomic E-state index is 13.0. The summed E-state index contributed by atoms with van der Waals surface area (Å²) in [6, 6.07) is 12.1. The first-order valence-electron chi connectivity index (χ1n) is 10.4. The van der Waals surface area contributed by atoms with Gasteiger partial charge in [0, 0.05) is 13.1 Å². The van der Waals surface area contributed by atoms with Crippen molar-refractivity contribution in [2.75, 3.05) is 45.0 Å². The van der Waals surface area contributed by atoms with Crippen LogP contribution < -0.4 is 10.1 Å². The fourth-order valence-corrected chi connectivity index (χ4v) is 5.67. The number of sulfonamides is 1. The Balaban J connectivity index is 1.60. The fourth-order valence-electron chi connectivity index (χ4n) is 3.76. The maximum atomic E-state index is 13.0. The highest BCUT2D eigenvalue weighted by molar-refractivity contribution is 7.97. The predicted octanol–water partition coefficient (Wildman–Crippen LogP) is 2.57. The van der Waals surface area contributed by atoms with Gasteiger partial charge in [0.1, 0.15) is 18.1 Å². The number of hydrogen-bond acceptors (Lipinski definition) is 7. The number of para-hydroxylation sites is 2. The molecule has 0 radical (unpaired) electrons. The van der Waals surface area contributed by atoms with Crippen molar-refractivity contribution in [1.29, 1.82) is 0 Å². The van der Waals surface area contributed by atoms with Crippen molar-refractivity contribution in [2.24, 2.45) is 0 Å². The van der Waals surface area contributed by atoms with E-state index in [0.29, 0.717) is 43.5 Å². The molecule has 3 aromatic rings. The maximum Gasteiger partial charge on any atom is 0.244 e. The van der Waals surface area contributed by atoms with E-state index in [1.165, 1.54) is 23.5 Å². The average molecular weight is 491 g/mol. The number of methoxy groups -OCH3 is 1. The molecule has 1 aromatic heterocycles. The standard InChI is InChI=1S/C22H26N4O5S2/c1-30-20-8-7-16(33(28,29)25-9-11-31-12-10-25)13-18(20)24-22(27)14-26-19-6-4-3-5-17(19)23-21(26)15-32-2/h3-8,13H,9-12,14-15H2,1-2H3,(H,24,27). The van der Waals surface area contributed by atoms with Gasteiger partial charge in [0.15, 0.2) is 0 Å². The van der Waals surface area contributed by atoms with Gasteiger partial charge < -0.3 is 19.4 Å². The number of hydrogen-bond donors (Lipinski definition) is 1. The summed E-state index contributed by atoms with van der Waals surface area (Å²) in [6.45, 7) is 1.34. The normalized spacial score (nSPS) is 15.0. The molecule has 11 heteroatoms. The molecule has 0 unspecified atom stereocenters. The third kappa shape index (κ3) is 5.01. The molecule has 0 atom stereocenters. The summed E-state index contributed by atoms with van der Waals surface area (Å²) in [6.07, 6.45) is 1.98. The quantitative estimate of drug-likeness (QED) is 0.518. The molecule has 0 saturated carbocycles. The summed E-state index contributed by atoms with van der Waals surface area (Å²) in [5.74, 6) is 1.54. The minimum absolute atomic E-state index is 0.0417. The van der Waals surface area contributed by atoms with E-state index in [9.17, 15) is 13.2 Å². The Morgan fingerprint density at radius 3 is 2.70 bits per heavy atom. The van der Waals surface area contributed by atoms with Gasteiger partial charge >= 0.3 is 0 Å². The van der Waals surface area contributed by atoms with E-state index in [1.54, 1.807) is 17.8 Å². The van der Waals surface area contributed by atoms with Gasteiger partial charge in [-0.3, -0.25) is 4.79 Å². The first-order chi connectivity index (χ1) is 15.9. The summed E-state index contributed by atoms with van der Waals surface area (Å²) in [5.41, 5.74) is 1.99. The molecular formula is C22H26N4O5S2. The number of nitrogens with zero attached hydrogens (tertiary/aromatic N) is 3. The molecule has 176 valence electrons. The van der Waals surface area contributed by atoms with Crippen molar-refractivity contribution in [3.8, 4) is 5.75 Å². The van der Waals surface area contributed by atoms with Crippen LogP contribution in [0.1, 0.15) is 5.82 Å². The number of rotatable bonds is 8. The SMILES string of the molecule is COc1ccc(S(=O)(=O)N2CCOCC2)cc1NC(=O)Cn1c(CSC)nc2ccccc21. The van der Waals surface area contributed by atoms with Crippen molar-refractivity contribution in [1.82, 2.24) is 13.9 Å². The number of fused-ring (bicyclic) bond motifs is 1. The summed E-state index contributed by atoms with van der Waals surface area (Å²) >= 11 is 1.62. The number of thioether (sulfide) groups is 1. The Kier molecular flexibility index (Phi) is 7.23. The van der Waals surface area contributed by atoms with E-state index < -0.39 is 10.0 Å². The second-order valence-electron chi connectivity index (χ2n) is 7.46. The molecule has 1 saturated heterocycles. The molecule has 1 N–H and O–H groups in total. The molecular weight excluding hydrogens is 464 g/mol. The molecule has 0 spiro atoms. The van der Waals surface area contributed by atoms with E-state index in [1.807, 2.05) is 35.1 Å². The van der Waals surface area contributed by atoms with Gasteiger partial charge in [0.25, 0.3) is 0 Å². The zero-order valence-corrected chi connectivity index (χ0v) is 20.1. The van der Waals surface area contributed by atoms with Crippen LogP contribution in [0.25, 0.3) is 11.0 Å². The van der Waals surface area contributed by atoms with Crippen LogP contribution in [0.3, 0.4) is 0 Å². The van der Waals surface area contributed by atoms with Crippen molar-refractivity contribution in [3.63, 3.8) is 0 Å². The minimum Gasteiger partial charge on any atom is -0.495 e. The van der Waals surface area contributed by atoms with E-state index in [2.05, 4.69) is 10.3 Å². The Labute approximate surface area is 197 Å². The number of nitrogens with one attached hydrogen (secondary N) is 1. The smallest absolute Gasteiger partial charge is 0.244 e. The number of amides is 1. The largest absolute Gasteiger partial charge is 0.495 e. The van der Waals surface area contributed by atoms with Crippen molar-refractivity contribution < 1.29 is 22.7 Å².